The van der Waals surface area contributed by atoms with Crippen LogP contribution in [0.3, 0.4) is 0 Å². The number of hydrogen-bond acceptors (Lipinski definition) is 3. The maximum atomic E-state index is 10.5. The Morgan fingerprint density at radius 3 is 2.21 bits per heavy atom. The van der Waals surface area contributed by atoms with Crippen molar-refractivity contribution in [3.05, 3.63) is 59.2 Å². The summed E-state index contributed by atoms with van der Waals surface area (Å²) in [4.78, 5) is 0. The number of aryl methyl sites for hydroxylation is 1. The summed E-state index contributed by atoms with van der Waals surface area (Å²) in [7, 11) is 3.16. The Morgan fingerprint density at radius 2 is 1.63 bits per heavy atom. The molecule has 0 heterocycles. The van der Waals surface area contributed by atoms with Gasteiger partial charge in [-0.05, 0) is 18.6 Å². The van der Waals surface area contributed by atoms with Crippen molar-refractivity contribution in [3.8, 4) is 11.5 Å². The van der Waals surface area contributed by atoms with E-state index in [2.05, 4.69) is 0 Å². The average molecular weight is 258 g/mol. The van der Waals surface area contributed by atoms with Gasteiger partial charge in [0.05, 0.1) is 14.2 Å². The highest BCUT2D eigenvalue weighted by atomic mass is 16.5. The predicted octanol–water partition coefficient (Wildman–Crippen LogP) is 3.09. The van der Waals surface area contributed by atoms with E-state index in [9.17, 15) is 5.11 Å². The quantitative estimate of drug-likeness (QED) is 0.915. The van der Waals surface area contributed by atoms with Crippen molar-refractivity contribution >= 4 is 0 Å². The molecule has 2 rings (SSSR count). The summed E-state index contributed by atoms with van der Waals surface area (Å²) in [6.07, 6.45) is -0.731. The van der Waals surface area contributed by atoms with Gasteiger partial charge in [0.25, 0.3) is 0 Å². The summed E-state index contributed by atoms with van der Waals surface area (Å²) in [5.74, 6) is 1.18. The van der Waals surface area contributed by atoms with Gasteiger partial charge in [0.15, 0.2) is 11.5 Å². The van der Waals surface area contributed by atoms with Gasteiger partial charge in [-0.15, -0.1) is 0 Å². The van der Waals surface area contributed by atoms with Gasteiger partial charge in [-0.25, -0.2) is 0 Å². The van der Waals surface area contributed by atoms with Crippen molar-refractivity contribution in [2.75, 3.05) is 14.2 Å². The molecule has 0 aliphatic heterocycles. The zero-order valence-corrected chi connectivity index (χ0v) is 11.4. The third kappa shape index (κ3) is 2.71. The third-order valence-electron chi connectivity index (χ3n) is 3.12. The first-order valence-electron chi connectivity index (χ1n) is 6.13. The largest absolute Gasteiger partial charge is 0.493 e. The fourth-order valence-corrected chi connectivity index (χ4v) is 2.06. The topological polar surface area (TPSA) is 38.7 Å². The molecule has 0 radical (unpaired) electrons. The molecule has 0 aliphatic rings. The fraction of sp³-hybridized carbons (Fsp3) is 0.250. The van der Waals surface area contributed by atoms with Crippen molar-refractivity contribution in [1.82, 2.24) is 0 Å². The molecule has 100 valence electrons. The summed E-state index contributed by atoms with van der Waals surface area (Å²) >= 11 is 0. The molecule has 19 heavy (non-hydrogen) atoms. The number of benzene rings is 2. The van der Waals surface area contributed by atoms with E-state index in [1.807, 2.05) is 49.4 Å². The van der Waals surface area contributed by atoms with Gasteiger partial charge < -0.3 is 14.6 Å². The van der Waals surface area contributed by atoms with Crippen LogP contribution in [-0.2, 0) is 0 Å². The highest BCUT2D eigenvalue weighted by molar-refractivity contribution is 5.50. The second-order valence-electron chi connectivity index (χ2n) is 4.40. The smallest absolute Gasteiger partial charge is 0.166 e. The van der Waals surface area contributed by atoms with E-state index in [0.717, 1.165) is 11.1 Å². The second-order valence-corrected chi connectivity index (χ2v) is 4.40. The molecule has 3 heteroatoms. The van der Waals surface area contributed by atoms with E-state index in [4.69, 9.17) is 9.47 Å². The van der Waals surface area contributed by atoms with Gasteiger partial charge in [0, 0.05) is 5.56 Å². The van der Waals surface area contributed by atoms with Crippen molar-refractivity contribution in [2.45, 2.75) is 13.0 Å². The first-order valence-corrected chi connectivity index (χ1v) is 6.13. The summed E-state index contributed by atoms with van der Waals surface area (Å²) in [6, 6.07) is 13.3. The zero-order valence-electron chi connectivity index (χ0n) is 11.4. The van der Waals surface area contributed by atoms with Crippen molar-refractivity contribution < 1.29 is 14.6 Å². The highest BCUT2D eigenvalue weighted by Crippen LogP contribution is 2.36. The lowest BCUT2D eigenvalue weighted by Crippen LogP contribution is -2.03. The number of ether oxygens (including phenoxy) is 2. The van der Waals surface area contributed by atoms with Gasteiger partial charge in [-0.3, -0.25) is 0 Å². The van der Waals surface area contributed by atoms with Gasteiger partial charge in [0.1, 0.15) is 6.10 Å². The van der Waals surface area contributed by atoms with E-state index in [1.165, 1.54) is 0 Å². The Labute approximate surface area is 113 Å². The molecule has 2 aromatic rings. The van der Waals surface area contributed by atoms with E-state index in [0.29, 0.717) is 17.1 Å². The molecular weight excluding hydrogens is 240 g/mol. The number of para-hydroxylation sites is 1. The van der Waals surface area contributed by atoms with Crippen molar-refractivity contribution in [1.29, 1.82) is 0 Å². The van der Waals surface area contributed by atoms with E-state index in [1.54, 1.807) is 14.2 Å². The van der Waals surface area contributed by atoms with E-state index < -0.39 is 6.10 Å². The predicted molar refractivity (Wildman–Crippen MR) is 74.8 cm³/mol. The lowest BCUT2D eigenvalue weighted by atomic mass is 9.99. The molecule has 1 N–H and O–H groups in total. The van der Waals surface area contributed by atoms with Crippen molar-refractivity contribution in [3.63, 3.8) is 0 Å². The molecule has 0 aromatic heterocycles. The Kier molecular flexibility index (Phi) is 4.07. The van der Waals surface area contributed by atoms with Gasteiger partial charge in [0.2, 0.25) is 0 Å². The van der Waals surface area contributed by atoms with Gasteiger partial charge in [-0.2, -0.15) is 0 Å². The molecular formula is C16H18O3. The minimum Gasteiger partial charge on any atom is -0.493 e. The molecule has 3 nitrogen and oxygen atoms in total. The molecule has 0 saturated heterocycles. The number of methoxy groups -OCH3 is 2. The van der Waals surface area contributed by atoms with Gasteiger partial charge >= 0.3 is 0 Å². The molecule has 0 saturated carbocycles. The standard InChI is InChI=1S/C16H18O3/c1-11-7-9-12(10-8-11)15(17)13-5-4-6-14(18-2)16(13)19-3/h4-10,15,17H,1-3H3. The molecule has 2 aromatic carbocycles. The number of rotatable bonds is 4. The summed E-state index contributed by atoms with van der Waals surface area (Å²) < 4.78 is 10.6. The molecule has 0 bridgehead atoms. The third-order valence-corrected chi connectivity index (χ3v) is 3.12. The summed E-state index contributed by atoms with van der Waals surface area (Å²) in [5.41, 5.74) is 2.69. The van der Waals surface area contributed by atoms with Crippen LogP contribution < -0.4 is 9.47 Å². The maximum Gasteiger partial charge on any atom is 0.166 e. The van der Waals surface area contributed by atoms with E-state index >= 15 is 0 Å². The fourth-order valence-electron chi connectivity index (χ4n) is 2.06. The molecule has 0 spiro atoms. The number of hydrogen-bond donors (Lipinski definition) is 1. The van der Waals surface area contributed by atoms with E-state index in [-0.39, 0.29) is 0 Å². The lowest BCUT2D eigenvalue weighted by Gasteiger charge is -2.17. The molecule has 1 unspecified atom stereocenters. The van der Waals surface area contributed by atoms with Crippen LogP contribution in [0.5, 0.6) is 11.5 Å². The van der Waals surface area contributed by atoms with Crippen LogP contribution in [0.4, 0.5) is 0 Å². The molecule has 0 aliphatic carbocycles. The highest BCUT2D eigenvalue weighted by Gasteiger charge is 2.18. The van der Waals surface area contributed by atoms with Crippen LogP contribution in [0.2, 0.25) is 0 Å². The second kappa shape index (κ2) is 5.76. The Balaban J connectivity index is 2.43. The minimum atomic E-state index is -0.731. The first-order chi connectivity index (χ1) is 9.17. The molecule has 1 atom stereocenters. The maximum absolute atomic E-state index is 10.5. The zero-order chi connectivity index (χ0) is 13.8. The summed E-state index contributed by atoms with van der Waals surface area (Å²) in [5, 5.41) is 10.5. The van der Waals surface area contributed by atoms with Crippen LogP contribution in [0.25, 0.3) is 0 Å². The molecule has 0 amide bonds. The molecule has 0 fully saturated rings. The van der Waals surface area contributed by atoms with Crippen LogP contribution >= 0.6 is 0 Å². The minimum absolute atomic E-state index is 0.568. The average Bonchev–Trinajstić information content (AvgIpc) is 2.46. The Bertz CT molecular complexity index is 546. The number of aliphatic hydroxyl groups excluding tert-OH is 1. The van der Waals surface area contributed by atoms with Crippen LogP contribution in [0.15, 0.2) is 42.5 Å². The number of aliphatic hydroxyl groups is 1. The normalized spacial score (nSPS) is 12.0. The van der Waals surface area contributed by atoms with Crippen LogP contribution in [0.1, 0.15) is 22.8 Å². The first kappa shape index (κ1) is 13.4. The SMILES string of the molecule is COc1cccc(C(O)c2ccc(C)cc2)c1OC. The van der Waals surface area contributed by atoms with Crippen LogP contribution in [-0.4, -0.2) is 19.3 Å². The van der Waals surface area contributed by atoms with Gasteiger partial charge in [-0.1, -0.05) is 42.0 Å². The Morgan fingerprint density at radius 1 is 0.947 bits per heavy atom. The van der Waals surface area contributed by atoms with Crippen molar-refractivity contribution in [2.24, 2.45) is 0 Å². The Hall–Kier alpha value is -2.00. The summed E-state index contributed by atoms with van der Waals surface area (Å²) in [6.45, 7) is 2.02. The lowest BCUT2D eigenvalue weighted by molar-refractivity contribution is 0.213. The van der Waals surface area contributed by atoms with Crippen LogP contribution in [0, 0.1) is 6.92 Å². The monoisotopic (exact) mass is 258 g/mol.